The highest BCUT2D eigenvalue weighted by molar-refractivity contribution is 5.50. The monoisotopic (exact) mass is 252 g/mol. The minimum absolute atomic E-state index is 0.237. The summed E-state index contributed by atoms with van der Waals surface area (Å²) in [5.41, 5.74) is 12.9. The molecule has 1 aromatic carbocycles. The third kappa shape index (κ3) is 2.13. The zero-order valence-corrected chi connectivity index (χ0v) is 11.5. The summed E-state index contributed by atoms with van der Waals surface area (Å²) in [6.45, 7) is 8.50. The first kappa shape index (κ1) is 12.2. The highest BCUT2D eigenvalue weighted by Gasteiger charge is 2.29. The molecule has 3 rings (SSSR count). The number of aryl methyl sites for hydroxylation is 1. The van der Waals surface area contributed by atoms with Crippen molar-refractivity contribution in [2.75, 3.05) is 0 Å². The molecule has 0 spiro atoms. The molecule has 19 heavy (non-hydrogen) atoms. The molecular formula is C17H20N2. The van der Waals surface area contributed by atoms with Crippen LogP contribution in [0.3, 0.4) is 0 Å². The van der Waals surface area contributed by atoms with Crippen molar-refractivity contribution in [3.63, 3.8) is 0 Å². The lowest BCUT2D eigenvalue weighted by Gasteiger charge is -2.36. The Morgan fingerprint density at radius 1 is 1.21 bits per heavy atom. The van der Waals surface area contributed by atoms with Crippen LogP contribution in [-0.4, -0.2) is 0 Å². The van der Waals surface area contributed by atoms with Crippen molar-refractivity contribution < 1.29 is 0 Å². The second kappa shape index (κ2) is 4.71. The summed E-state index contributed by atoms with van der Waals surface area (Å²) in [7, 11) is 0. The van der Waals surface area contributed by atoms with Gasteiger partial charge in [0.2, 0.25) is 0 Å². The van der Waals surface area contributed by atoms with Gasteiger partial charge in [-0.25, -0.2) is 5.43 Å². The molecule has 1 aromatic rings. The van der Waals surface area contributed by atoms with Gasteiger partial charge in [-0.05, 0) is 36.0 Å². The molecular weight excluding hydrogens is 232 g/mol. The van der Waals surface area contributed by atoms with Crippen molar-refractivity contribution in [3.05, 3.63) is 71.0 Å². The maximum atomic E-state index is 4.09. The Morgan fingerprint density at radius 3 is 2.68 bits per heavy atom. The molecule has 1 aliphatic carbocycles. The molecule has 0 saturated heterocycles. The second-order valence-corrected chi connectivity index (χ2v) is 5.50. The van der Waals surface area contributed by atoms with Crippen molar-refractivity contribution in [1.82, 2.24) is 10.9 Å². The lowest BCUT2D eigenvalue weighted by Crippen LogP contribution is -2.42. The fraction of sp³-hybridized carbons (Fsp3) is 0.294. The SMILES string of the molecule is C=C1NNC(c2ccc(C)cc2)C2=C1C=CCC2C. The summed E-state index contributed by atoms with van der Waals surface area (Å²) < 4.78 is 0. The standard InChI is InChI=1S/C17H20N2/c1-11-7-9-14(10-8-11)17-16-12(2)5-4-6-15(16)13(3)18-19-17/h4,6-10,12,17-19H,3,5H2,1-2H3. The number of hydrogen-bond donors (Lipinski definition) is 2. The van der Waals surface area contributed by atoms with E-state index in [0.717, 1.165) is 12.1 Å². The average molecular weight is 252 g/mol. The van der Waals surface area contributed by atoms with Gasteiger partial charge < -0.3 is 5.43 Å². The van der Waals surface area contributed by atoms with Gasteiger partial charge in [0.1, 0.15) is 0 Å². The molecule has 2 heteroatoms. The molecule has 98 valence electrons. The first-order chi connectivity index (χ1) is 9.16. The lowest BCUT2D eigenvalue weighted by molar-refractivity contribution is 0.455. The summed E-state index contributed by atoms with van der Waals surface area (Å²) in [5, 5.41) is 0. The third-order valence-corrected chi connectivity index (χ3v) is 4.03. The molecule has 2 unspecified atom stereocenters. The lowest BCUT2D eigenvalue weighted by atomic mass is 9.79. The smallest absolute Gasteiger partial charge is 0.0732 e. The van der Waals surface area contributed by atoms with Crippen LogP contribution in [0.2, 0.25) is 0 Å². The second-order valence-electron chi connectivity index (χ2n) is 5.50. The largest absolute Gasteiger partial charge is 0.321 e. The highest BCUT2D eigenvalue weighted by Crippen LogP contribution is 2.38. The van der Waals surface area contributed by atoms with E-state index in [9.17, 15) is 0 Å². The van der Waals surface area contributed by atoms with E-state index < -0.39 is 0 Å². The minimum atomic E-state index is 0.237. The Bertz CT molecular complexity index is 563. The molecule has 0 fully saturated rings. The Kier molecular flexibility index (Phi) is 3.03. The van der Waals surface area contributed by atoms with E-state index in [0.29, 0.717) is 5.92 Å². The minimum Gasteiger partial charge on any atom is -0.321 e. The summed E-state index contributed by atoms with van der Waals surface area (Å²) in [4.78, 5) is 0. The molecule has 0 aromatic heterocycles. The summed E-state index contributed by atoms with van der Waals surface area (Å²) in [5.74, 6) is 0.553. The highest BCUT2D eigenvalue weighted by atomic mass is 15.4. The van der Waals surface area contributed by atoms with Crippen LogP contribution in [0.15, 0.2) is 59.8 Å². The summed E-state index contributed by atoms with van der Waals surface area (Å²) in [6, 6.07) is 8.99. The maximum absolute atomic E-state index is 4.09. The van der Waals surface area contributed by atoms with Crippen LogP contribution >= 0.6 is 0 Å². The number of benzene rings is 1. The van der Waals surface area contributed by atoms with E-state index in [2.05, 4.69) is 67.7 Å². The molecule has 2 nitrogen and oxygen atoms in total. The van der Waals surface area contributed by atoms with Crippen molar-refractivity contribution in [2.24, 2.45) is 5.92 Å². The Hall–Kier alpha value is -1.80. The van der Waals surface area contributed by atoms with Gasteiger partial charge in [0, 0.05) is 5.70 Å². The van der Waals surface area contributed by atoms with E-state index in [1.165, 1.54) is 22.3 Å². The van der Waals surface area contributed by atoms with Crippen LogP contribution in [0.1, 0.15) is 30.5 Å². The van der Waals surface area contributed by atoms with Crippen LogP contribution < -0.4 is 10.9 Å². The molecule has 2 N–H and O–H groups in total. The predicted molar refractivity (Wildman–Crippen MR) is 79.3 cm³/mol. The first-order valence-electron chi connectivity index (χ1n) is 6.85. The molecule has 0 amide bonds. The van der Waals surface area contributed by atoms with Gasteiger partial charge in [-0.15, -0.1) is 0 Å². The van der Waals surface area contributed by atoms with Gasteiger partial charge >= 0.3 is 0 Å². The normalized spacial score (nSPS) is 26.1. The molecule has 0 saturated carbocycles. The van der Waals surface area contributed by atoms with Crippen LogP contribution in [0.4, 0.5) is 0 Å². The van der Waals surface area contributed by atoms with Crippen LogP contribution in [0.5, 0.6) is 0 Å². The summed E-state index contributed by atoms with van der Waals surface area (Å²) in [6.07, 6.45) is 5.55. The van der Waals surface area contributed by atoms with Crippen LogP contribution in [0.25, 0.3) is 0 Å². The van der Waals surface area contributed by atoms with Gasteiger partial charge in [0.25, 0.3) is 0 Å². The molecule has 1 aliphatic heterocycles. The predicted octanol–water partition coefficient (Wildman–Crippen LogP) is 3.55. The van der Waals surface area contributed by atoms with Crippen LogP contribution in [-0.2, 0) is 0 Å². The fourth-order valence-corrected chi connectivity index (χ4v) is 2.92. The average Bonchev–Trinajstić information content (AvgIpc) is 2.41. The number of rotatable bonds is 1. The fourth-order valence-electron chi connectivity index (χ4n) is 2.92. The van der Waals surface area contributed by atoms with E-state index in [4.69, 9.17) is 0 Å². The molecule has 2 aliphatic rings. The van der Waals surface area contributed by atoms with E-state index in [1.54, 1.807) is 0 Å². The molecule has 1 heterocycles. The van der Waals surface area contributed by atoms with Gasteiger partial charge in [-0.1, -0.05) is 55.5 Å². The van der Waals surface area contributed by atoms with E-state index in [1.807, 2.05) is 0 Å². The third-order valence-electron chi connectivity index (χ3n) is 4.03. The van der Waals surface area contributed by atoms with Gasteiger partial charge in [0.05, 0.1) is 6.04 Å². The van der Waals surface area contributed by atoms with E-state index in [-0.39, 0.29) is 6.04 Å². The summed E-state index contributed by atoms with van der Waals surface area (Å²) >= 11 is 0. The molecule has 0 radical (unpaired) electrons. The van der Waals surface area contributed by atoms with E-state index >= 15 is 0 Å². The number of hydrazine groups is 1. The number of hydrogen-bond acceptors (Lipinski definition) is 2. The molecule has 2 atom stereocenters. The van der Waals surface area contributed by atoms with Crippen molar-refractivity contribution in [1.29, 1.82) is 0 Å². The van der Waals surface area contributed by atoms with Gasteiger partial charge in [0.15, 0.2) is 0 Å². The first-order valence-corrected chi connectivity index (χ1v) is 6.85. The quantitative estimate of drug-likeness (QED) is 0.798. The van der Waals surface area contributed by atoms with Gasteiger partial charge in [-0.2, -0.15) is 0 Å². The number of nitrogens with one attached hydrogen (secondary N) is 2. The van der Waals surface area contributed by atoms with Crippen molar-refractivity contribution >= 4 is 0 Å². The Morgan fingerprint density at radius 2 is 1.95 bits per heavy atom. The zero-order valence-electron chi connectivity index (χ0n) is 11.5. The number of allylic oxidation sites excluding steroid dienone is 2. The topological polar surface area (TPSA) is 24.1 Å². The van der Waals surface area contributed by atoms with Gasteiger partial charge in [-0.3, -0.25) is 0 Å². The Labute approximate surface area is 114 Å². The van der Waals surface area contributed by atoms with Crippen molar-refractivity contribution in [2.45, 2.75) is 26.3 Å². The Balaban J connectivity index is 2.06. The zero-order chi connectivity index (χ0) is 13.4. The van der Waals surface area contributed by atoms with Crippen LogP contribution in [0, 0.1) is 12.8 Å². The van der Waals surface area contributed by atoms with Crippen molar-refractivity contribution in [3.8, 4) is 0 Å². The molecule has 0 bridgehead atoms. The maximum Gasteiger partial charge on any atom is 0.0732 e.